The van der Waals surface area contributed by atoms with E-state index in [-0.39, 0.29) is 23.2 Å². The fourth-order valence-corrected chi connectivity index (χ4v) is 9.64. The van der Waals surface area contributed by atoms with E-state index in [9.17, 15) is 19.5 Å². The maximum Gasteiger partial charge on any atom is 0.352 e. The van der Waals surface area contributed by atoms with Crippen LogP contribution in [0.15, 0.2) is 82.7 Å². The number of H-pyrrole nitrogens is 1. The van der Waals surface area contributed by atoms with Gasteiger partial charge in [-0.3, -0.25) is 9.59 Å². The van der Waals surface area contributed by atoms with E-state index in [2.05, 4.69) is 37.2 Å². The van der Waals surface area contributed by atoms with Crippen LogP contribution >= 0.6 is 11.3 Å². The maximum absolute atomic E-state index is 14.0. The van der Waals surface area contributed by atoms with Crippen molar-refractivity contribution >= 4 is 84.2 Å². The molecule has 274 valence electrons. The number of aromatic amines is 1. The maximum atomic E-state index is 14.0. The molecular weight excluding hydrogens is 713 g/mol. The van der Waals surface area contributed by atoms with Crippen molar-refractivity contribution in [2.45, 2.75) is 38.5 Å². The molecule has 0 unspecified atom stereocenters. The number of carboxylic acid groups (broad SMARTS) is 1. The van der Waals surface area contributed by atoms with Crippen molar-refractivity contribution in [2.75, 3.05) is 40.9 Å². The third-order valence-corrected chi connectivity index (χ3v) is 12.2. The summed E-state index contributed by atoms with van der Waals surface area (Å²) >= 11 is 1.41. The SMILES string of the molecule is N/C(=C\c1cccc2c1CCN2C(=O)c1ccc2nc(N=Nc3cc4c5c(c3)CCCN5CCC4)sc2c1)C(=O)N1CCc2c1ccc1[nH]c(C(=O)O)cc21. The van der Waals surface area contributed by atoms with Crippen molar-refractivity contribution in [3.8, 4) is 0 Å². The van der Waals surface area contributed by atoms with Gasteiger partial charge in [-0.1, -0.05) is 23.5 Å². The standard InChI is InChI=1S/C42H36N8O4S/c43-31(40(52)50-17-13-29-30-22-34(41(53)54)44-32(30)10-11-36(29)50)20-23-4-1-7-35-28(23)12-16-49(35)39(51)26-8-9-33-37(21-26)55-42(45-33)47-46-27-18-24-5-2-14-48-15-3-6-25(19-27)38(24)48/h1,4,7-11,18-22,44H,2-3,5-6,12-17,43H2,(H,53,54)/b31-20-,47-46?. The topological polar surface area (TPSA) is 161 Å². The number of nitrogens with one attached hydrogen (secondary N) is 1. The average molecular weight is 749 g/mol. The van der Waals surface area contributed by atoms with Crippen LogP contribution in [0, 0.1) is 0 Å². The number of anilines is 3. The number of aromatic nitrogens is 2. The molecule has 55 heavy (non-hydrogen) atoms. The fourth-order valence-electron chi connectivity index (χ4n) is 8.82. The molecule has 0 bridgehead atoms. The molecule has 0 atom stereocenters. The molecule has 0 aliphatic carbocycles. The van der Waals surface area contributed by atoms with Gasteiger partial charge in [-0.05, 0) is 127 Å². The number of nitrogens with zero attached hydrogens (tertiary/aromatic N) is 6. The normalized spacial score (nSPS) is 16.3. The summed E-state index contributed by atoms with van der Waals surface area (Å²) in [6, 6.07) is 20.8. The fraction of sp³-hybridized carbons (Fsp3) is 0.238. The molecule has 13 heteroatoms. The van der Waals surface area contributed by atoms with Crippen LogP contribution in [0.3, 0.4) is 0 Å². The minimum absolute atomic E-state index is 0.0860. The third kappa shape index (κ3) is 5.65. The van der Waals surface area contributed by atoms with E-state index < -0.39 is 5.97 Å². The molecule has 4 aliphatic heterocycles. The van der Waals surface area contributed by atoms with Gasteiger partial charge >= 0.3 is 5.97 Å². The first-order valence-corrected chi connectivity index (χ1v) is 19.4. The van der Waals surface area contributed by atoms with E-state index in [1.165, 1.54) is 28.2 Å². The Morgan fingerprint density at radius 3 is 2.40 bits per heavy atom. The van der Waals surface area contributed by atoms with E-state index in [0.29, 0.717) is 42.1 Å². The molecule has 0 spiro atoms. The number of carboxylic acids is 1. The summed E-state index contributed by atoms with van der Waals surface area (Å²) in [7, 11) is 0. The second kappa shape index (κ2) is 12.9. The molecule has 0 saturated heterocycles. The summed E-state index contributed by atoms with van der Waals surface area (Å²) in [5.41, 5.74) is 17.9. The van der Waals surface area contributed by atoms with Crippen molar-refractivity contribution in [1.29, 1.82) is 0 Å². The number of azo groups is 1. The molecule has 12 nitrogen and oxygen atoms in total. The van der Waals surface area contributed by atoms with Gasteiger partial charge in [-0.2, -0.15) is 0 Å². The Labute approximate surface area is 319 Å². The minimum atomic E-state index is -1.03. The van der Waals surface area contributed by atoms with Crippen LogP contribution in [0.1, 0.15) is 61.5 Å². The lowest BCUT2D eigenvalue weighted by Gasteiger charge is -2.36. The third-order valence-electron chi connectivity index (χ3n) is 11.3. The van der Waals surface area contributed by atoms with Gasteiger partial charge in [-0.25, -0.2) is 9.78 Å². The number of benzene rings is 4. The van der Waals surface area contributed by atoms with Gasteiger partial charge in [0.1, 0.15) is 5.69 Å². The summed E-state index contributed by atoms with van der Waals surface area (Å²) in [6.07, 6.45) is 7.37. The van der Waals surface area contributed by atoms with Crippen molar-refractivity contribution in [3.63, 3.8) is 0 Å². The number of amides is 2. The van der Waals surface area contributed by atoms with Crippen LogP contribution < -0.4 is 20.4 Å². The van der Waals surface area contributed by atoms with Crippen molar-refractivity contribution in [2.24, 2.45) is 16.0 Å². The first-order valence-electron chi connectivity index (χ1n) is 18.6. The van der Waals surface area contributed by atoms with Crippen LogP contribution in [0.2, 0.25) is 0 Å². The van der Waals surface area contributed by atoms with E-state index in [1.54, 1.807) is 34.1 Å². The Morgan fingerprint density at radius 2 is 1.60 bits per heavy atom. The lowest BCUT2D eigenvalue weighted by Crippen LogP contribution is -2.34. The molecule has 10 rings (SSSR count). The Morgan fingerprint density at radius 1 is 0.836 bits per heavy atom. The zero-order valence-corrected chi connectivity index (χ0v) is 30.7. The molecule has 6 aromatic rings. The van der Waals surface area contributed by atoms with Crippen LogP contribution in [-0.4, -0.2) is 59.0 Å². The molecule has 2 amide bonds. The molecular formula is C42H36N8O4S. The number of rotatable bonds is 6. The Kier molecular flexibility index (Phi) is 7.80. The van der Waals surface area contributed by atoms with Crippen molar-refractivity contribution in [3.05, 3.63) is 112 Å². The lowest BCUT2D eigenvalue weighted by atomic mass is 9.91. The first-order chi connectivity index (χ1) is 26.8. The number of thiazole rings is 1. The quantitative estimate of drug-likeness (QED) is 0.116. The molecule has 0 radical (unpaired) electrons. The largest absolute Gasteiger partial charge is 0.477 e. The number of carbonyl (C=O) groups is 3. The summed E-state index contributed by atoms with van der Waals surface area (Å²) in [6.45, 7) is 3.20. The molecule has 4 aliphatic rings. The van der Waals surface area contributed by atoms with Gasteiger partial charge in [0.2, 0.25) is 5.13 Å². The number of carbonyl (C=O) groups excluding carboxylic acids is 2. The Hall–Kier alpha value is -6.34. The van der Waals surface area contributed by atoms with Crippen LogP contribution in [0.5, 0.6) is 0 Å². The number of aromatic carboxylic acids is 1. The second-order valence-corrected chi connectivity index (χ2v) is 15.6. The zero-order valence-electron chi connectivity index (χ0n) is 29.8. The summed E-state index contributed by atoms with van der Waals surface area (Å²) in [4.78, 5) is 52.7. The number of nitrogens with two attached hydrogens (primary N) is 1. The average Bonchev–Trinajstić information content (AvgIpc) is 4.00. The van der Waals surface area contributed by atoms with Crippen LogP contribution in [0.25, 0.3) is 27.2 Å². The van der Waals surface area contributed by atoms with Crippen LogP contribution in [-0.2, 0) is 30.5 Å². The number of hydrogen-bond acceptors (Lipinski definition) is 9. The molecule has 4 N–H and O–H groups in total. The van der Waals surface area contributed by atoms with E-state index in [0.717, 1.165) is 88.1 Å². The summed E-state index contributed by atoms with van der Waals surface area (Å²) < 4.78 is 0.862. The van der Waals surface area contributed by atoms with Gasteiger partial charge < -0.3 is 30.5 Å². The number of hydrogen-bond donors (Lipinski definition) is 3. The minimum Gasteiger partial charge on any atom is -0.477 e. The van der Waals surface area contributed by atoms with Crippen LogP contribution in [0.4, 0.5) is 27.9 Å². The second-order valence-electron chi connectivity index (χ2n) is 14.6. The highest BCUT2D eigenvalue weighted by atomic mass is 32.1. The summed E-state index contributed by atoms with van der Waals surface area (Å²) in [5.74, 6) is -1.47. The summed E-state index contributed by atoms with van der Waals surface area (Å²) in [5, 5.41) is 19.9. The Balaban J connectivity index is 0.867. The van der Waals surface area contributed by atoms with Crippen molar-refractivity contribution < 1.29 is 19.5 Å². The predicted octanol–water partition coefficient (Wildman–Crippen LogP) is 7.68. The van der Waals surface area contributed by atoms with Crippen molar-refractivity contribution in [1.82, 2.24) is 9.97 Å². The first kappa shape index (κ1) is 33.2. The monoisotopic (exact) mass is 748 g/mol. The van der Waals surface area contributed by atoms with E-state index >= 15 is 0 Å². The molecule has 0 saturated carbocycles. The predicted molar refractivity (Wildman–Crippen MR) is 214 cm³/mol. The molecule has 2 aromatic heterocycles. The highest BCUT2D eigenvalue weighted by Crippen LogP contribution is 2.40. The highest BCUT2D eigenvalue weighted by molar-refractivity contribution is 7.21. The zero-order chi connectivity index (χ0) is 37.4. The van der Waals surface area contributed by atoms with Gasteiger partial charge in [0, 0.05) is 59.7 Å². The van der Waals surface area contributed by atoms with Gasteiger partial charge in [0.05, 0.1) is 21.6 Å². The number of aryl methyl sites for hydroxylation is 2. The van der Waals surface area contributed by atoms with Gasteiger partial charge in [-0.15, -0.1) is 10.2 Å². The number of fused-ring (bicyclic) bond motifs is 5. The smallest absolute Gasteiger partial charge is 0.352 e. The molecule has 0 fully saturated rings. The van der Waals surface area contributed by atoms with Gasteiger partial charge in [0.25, 0.3) is 11.8 Å². The molecule has 6 heterocycles. The van der Waals surface area contributed by atoms with E-state index in [4.69, 9.17) is 5.73 Å². The lowest BCUT2D eigenvalue weighted by molar-refractivity contribution is -0.115. The molecule has 4 aromatic carbocycles. The van der Waals surface area contributed by atoms with Gasteiger partial charge in [0.15, 0.2) is 0 Å². The highest BCUT2D eigenvalue weighted by Gasteiger charge is 2.31. The Bertz CT molecular complexity index is 2660. The van der Waals surface area contributed by atoms with E-state index in [1.807, 2.05) is 36.4 Å².